The Balaban J connectivity index is 3.29. The highest BCUT2D eigenvalue weighted by atomic mass is 28.4. The highest BCUT2D eigenvalue weighted by Crippen LogP contribution is 2.52. The van der Waals surface area contributed by atoms with Gasteiger partial charge in [-0.15, -0.1) is 0 Å². The largest absolute Gasteiger partial charge is 0.481 e. The Morgan fingerprint density at radius 2 is 1.32 bits per heavy atom. The Kier molecular flexibility index (Phi) is 5.79. The van der Waals surface area contributed by atoms with Crippen molar-refractivity contribution in [2.24, 2.45) is 0 Å². The van der Waals surface area contributed by atoms with Gasteiger partial charge in [-0.05, 0) is 26.7 Å². The van der Waals surface area contributed by atoms with Gasteiger partial charge in [-0.2, -0.15) is 0 Å². The van der Waals surface area contributed by atoms with Gasteiger partial charge in [0.15, 0.2) is 0 Å². The lowest BCUT2D eigenvalue weighted by Crippen LogP contribution is -2.56. The van der Waals surface area contributed by atoms with E-state index in [2.05, 4.69) is 13.2 Å². The summed E-state index contributed by atoms with van der Waals surface area (Å²) in [6.07, 6.45) is 4.00. The van der Waals surface area contributed by atoms with Crippen LogP contribution in [0.3, 0.4) is 0 Å². The zero-order chi connectivity index (χ0) is 17.1. The molecule has 0 N–H and O–H groups in total. The lowest BCUT2D eigenvalue weighted by Gasteiger charge is -2.43. The molecular formula is C17H28O4Si. The Labute approximate surface area is 134 Å². The highest BCUT2D eigenvalue weighted by Gasteiger charge is 2.61. The van der Waals surface area contributed by atoms with E-state index in [0.717, 1.165) is 25.7 Å². The second kappa shape index (κ2) is 6.81. The molecule has 0 bridgehead atoms. The van der Waals surface area contributed by atoms with Gasteiger partial charge in [-0.3, -0.25) is 0 Å². The molecule has 0 heterocycles. The molecule has 1 aliphatic rings. The Hall–Kier alpha value is -1.36. The van der Waals surface area contributed by atoms with Gasteiger partial charge in [-0.25, -0.2) is 9.59 Å². The van der Waals surface area contributed by atoms with Crippen molar-refractivity contribution in [3.63, 3.8) is 0 Å². The predicted molar refractivity (Wildman–Crippen MR) is 89.5 cm³/mol. The number of hydrogen-bond donors (Lipinski definition) is 0. The van der Waals surface area contributed by atoms with Crippen molar-refractivity contribution in [2.75, 3.05) is 0 Å². The normalized spacial score (nSPS) is 16.2. The quantitative estimate of drug-likeness (QED) is 0.555. The first-order valence-corrected chi connectivity index (χ1v) is 9.68. The van der Waals surface area contributed by atoms with Crippen molar-refractivity contribution in [1.29, 1.82) is 0 Å². The van der Waals surface area contributed by atoms with Gasteiger partial charge in [0.2, 0.25) is 0 Å². The van der Waals surface area contributed by atoms with Crippen LogP contribution in [-0.2, 0) is 18.4 Å². The van der Waals surface area contributed by atoms with Crippen molar-refractivity contribution in [1.82, 2.24) is 0 Å². The lowest BCUT2D eigenvalue weighted by molar-refractivity contribution is -0.138. The minimum Gasteiger partial charge on any atom is -0.481 e. The van der Waals surface area contributed by atoms with Gasteiger partial charge in [0.05, 0.1) is 0 Å². The predicted octanol–water partition coefficient (Wildman–Crippen LogP) is 4.41. The summed E-state index contributed by atoms with van der Waals surface area (Å²) in [5.41, 5.74) is 0.773. The van der Waals surface area contributed by atoms with E-state index in [-0.39, 0.29) is 5.54 Å². The van der Waals surface area contributed by atoms with Crippen LogP contribution in [0.4, 0.5) is 0 Å². The maximum absolute atomic E-state index is 12.2. The molecule has 1 fully saturated rings. The van der Waals surface area contributed by atoms with Gasteiger partial charge in [0.25, 0.3) is 0 Å². The van der Waals surface area contributed by atoms with Crippen molar-refractivity contribution in [3.05, 3.63) is 24.3 Å². The van der Waals surface area contributed by atoms with Crippen molar-refractivity contribution in [2.45, 2.75) is 70.9 Å². The number of rotatable bonds is 5. The molecule has 4 nitrogen and oxygen atoms in total. The second-order valence-corrected chi connectivity index (χ2v) is 11.3. The van der Waals surface area contributed by atoms with Crippen LogP contribution in [0.1, 0.15) is 60.3 Å². The third-order valence-corrected chi connectivity index (χ3v) is 8.84. The van der Waals surface area contributed by atoms with Crippen LogP contribution in [0.15, 0.2) is 24.3 Å². The van der Waals surface area contributed by atoms with E-state index in [1.54, 1.807) is 13.8 Å². The fourth-order valence-corrected chi connectivity index (χ4v) is 7.14. The molecule has 0 unspecified atom stereocenters. The van der Waals surface area contributed by atoms with Gasteiger partial charge in [0, 0.05) is 21.7 Å². The van der Waals surface area contributed by atoms with Crippen LogP contribution < -0.4 is 0 Å². The molecule has 0 saturated heterocycles. The monoisotopic (exact) mass is 324 g/mol. The second-order valence-electron chi connectivity index (χ2n) is 7.24. The third-order valence-electron chi connectivity index (χ3n) is 4.12. The molecule has 0 aromatic carbocycles. The van der Waals surface area contributed by atoms with E-state index in [1.807, 2.05) is 20.8 Å². The minimum absolute atomic E-state index is 0.124. The van der Waals surface area contributed by atoms with Crippen LogP contribution >= 0.6 is 0 Å². The first-order valence-electron chi connectivity index (χ1n) is 7.79. The van der Waals surface area contributed by atoms with Crippen LogP contribution in [0.5, 0.6) is 0 Å². The Morgan fingerprint density at radius 1 is 0.955 bits per heavy atom. The van der Waals surface area contributed by atoms with Crippen molar-refractivity contribution >= 4 is 20.5 Å². The van der Waals surface area contributed by atoms with E-state index in [0.29, 0.717) is 11.1 Å². The van der Waals surface area contributed by atoms with Crippen LogP contribution in [0.25, 0.3) is 0 Å². The van der Waals surface area contributed by atoms with Crippen LogP contribution in [0.2, 0.25) is 10.6 Å². The fourth-order valence-electron chi connectivity index (χ4n) is 2.86. The van der Waals surface area contributed by atoms with Crippen molar-refractivity contribution in [3.8, 4) is 0 Å². The van der Waals surface area contributed by atoms with E-state index in [4.69, 9.17) is 8.85 Å². The zero-order valence-corrected chi connectivity index (χ0v) is 15.5. The lowest BCUT2D eigenvalue weighted by atomic mass is 10.2. The minimum atomic E-state index is -3.14. The maximum Gasteiger partial charge on any atom is 0.473 e. The van der Waals surface area contributed by atoms with E-state index in [1.165, 1.54) is 0 Å². The first-order chi connectivity index (χ1) is 10.0. The highest BCUT2D eigenvalue weighted by molar-refractivity contribution is 6.75. The summed E-state index contributed by atoms with van der Waals surface area (Å²) in [6, 6.07) is 0. The van der Waals surface area contributed by atoms with Gasteiger partial charge >= 0.3 is 20.5 Å². The average molecular weight is 324 g/mol. The summed E-state index contributed by atoms with van der Waals surface area (Å²) in [4.78, 5) is 24.4. The number of carbonyl (C=O) groups is 2. The SMILES string of the molecule is C=C(C)C(=O)O[Si](OC(=O)C(=C)C)(C1CCCC1)C(C)(C)C. The number of carbonyl (C=O) groups excluding carboxylic acids is 2. The maximum atomic E-state index is 12.2. The molecule has 124 valence electrons. The molecule has 0 radical (unpaired) electrons. The Bertz CT molecular complexity index is 453. The summed E-state index contributed by atoms with van der Waals surface area (Å²) >= 11 is 0. The molecule has 0 aromatic rings. The molecule has 0 atom stereocenters. The molecule has 0 spiro atoms. The molecular weight excluding hydrogens is 296 g/mol. The van der Waals surface area contributed by atoms with Crippen LogP contribution in [0, 0.1) is 0 Å². The summed E-state index contributed by atoms with van der Waals surface area (Å²) in [5.74, 6) is -0.939. The molecule has 0 amide bonds. The molecule has 1 saturated carbocycles. The summed E-state index contributed by atoms with van der Waals surface area (Å²) < 4.78 is 11.8. The average Bonchev–Trinajstić information content (AvgIpc) is 2.89. The molecule has 0 aromatic heterocycles. The summed E-state index contributed by atoms with van der Waals surface area (Å²) in [5, 5.41) is -0.418. The topological polar surface area (TPSA) is 52.6 Å². The fraction of sp³-hybridized carbons (Fsp3) is 0.647. The van der Waals surface area contributed by atoms with Crippen molar-refractivity contribution < 1.29 is 18.4 Å². The molecule has 1 aliphatic carbocycles. The third kappa shape index (κ3) is 3.88. The van der Waals surface area contributed by atoms with E-state index in [9.17, 15) is 9.59 Å². The molecule has 22 heavy (non-hydrogen) atoms. The van der Waals surface area contributed by atoms with Gasteiger partial charge < -0.3 is 8.85 Å². The Morgan fingerprint density at radius 3 is 1.59 bits per heavy atom. The summed E-state index contributed by atoms with van der Waals surface area (Å²) in [6.45, 7) is 16.5. The molecule has 5 heteroatoms. The summed E-state index contributed by atoms with van der Waals surface area (Å²) in [7, 11) is -3.14. The molecule has 1 rings (SSSR count). The first kappa shape index (κ1) is 18.7. The molecule has 0 aliphatic heterocycles. The number of hydrogen-bond acceptors (Lipinski definition) is 4. The smallest absolute Gasteiger partial charge is 0.473 e. The van der Waals surface area contributed by atoms with Gasteiger partial charge in [-0.1, -0.05) is 46.8 Å². The van der Waals surface area contributed by atoms with Crippen LogP contribution in [-0.4, -0.2) is 20.5 Å². The van der Waals surface area contributed by atoms with E-state index >= 15 is 0 Å². The standard InChI is InChI=1S/C17H28O4Si/c1-12(2)15(18)20-22(17(5,6)7,14-10-8-9-11-14)21-16(19)13(3)4/h14H,1,3,8-11H2,2,4-7H3. The van der Waals surface area contributed by atoms with E-state index < -0.39 is 25.5 Å². The zero-order valence-electron chi connectivity index (χ0n) is 14.5. The van der Waals surface area contributed by atoms with Gasteiger partial charge in [0.1, 0.15) is 0 Å².